The van der Waals surface area contributed by atoms with Crippen molar-refractivity contribution in [3.8, 4) is 0 Å². The quantitative estimate of drug-likeness (QED) is 0.930. The SMILES string of the molecule is CC(C)n1ncnc1CC(N)C1CCCC(C(F)(F)F)C1. The fourth-order valence-electron chi connectivity index (χ4n) is 3.14. The number of nitrogens with two attached hydrogens (primary N) is 1. The first kappa shape index (κ1) is 16.3. The van der Waals surface area contributed by atoms with E-state index in [2.05, 4.69) is 10.1 Å². The summed E-state index contributed by atoms with van der Waals surface area (Å²) in [4.78, 5) is 4.19. The molecule has 1 aliphatic rings. The minimum atomic E-state index is -4.10. The molecule has 1 fully saturated rings. The van der Waals surface area contributed by atoms with E-state index >= 15 is 0 Å². The van der Waals surface area contributed by atoms with Crippen molar-refractivity contribution in [3.63, 3.8) is 0 Å². The molecule has 0 amide bonds. The predicted octanol–water partition coefficient (Wildman–Crippen LogP) is 3.10. The summed E-state index contributed by atoms with van der Waals surface area (Å²) >= 11 is 0. The molecule has 1 aromatic rings. The van der Waals surface area contributed by atoms with E-state index in [1.54, 1.807) is 4.68 Å². The van der Waals surface area contributed by atoms with E-state index < -0.39 is 12.1 Å². The van der Waals surface area contributed by atoms with E-state index in [0.29, 0.717) is 12.8 Å². The molecule has 21 heavy (non-hydrogen) atoms. The number of hydrogen-bond donors (Lipinski definition) is 1. The van der Waals surface area contributed by atoms with Crippen LogP contribution in [0.4, 0.5) is 13.2 Å². The van der Waals surface area contributed by atoms with E-state index in [9.17, 15) is 13.2 Å². The Morgan fingerprint density at radius 2 is 2.10 bits per heavy atom. The van der Waals surface area contributed by atoms with Gasteiger partial charge in [0.05, 0.1) is 5.92 Å². The molecule has 2 N–H and O–H groups in total. The fourth-order valence-corrected chi connectivity index (χ4v) is 3.14. The number of alkyl halides is 3. The second-order valence-electron chi connectivity index (χ2n) is 6.25. The highest BCUT2D eigenvalue weighted by Gasteiger charge is 2.43. The standard InChI is InChI=1S/C14H23F3N4/c1-9(2)21-13(19-8-20-21)7-12(18)10-4-3-5-11(6-10)14(15,16)17/h8-12H,3-7,18H2,1-2H3. The normalized spacial score (nSPS) is 25.3. The Morgan fingerprint density at radius 3 is 2.71 bits per heavy atom. The molecular formula is C14H23F3N4. The van der Waals surface area contributed by atoms with Crippen LogP contribution in [-0.2, 0) is 6.42 Å². The molecule has 0 aromatic carbocycles. The third kappa shape index (κ3) is 3.96. The Hall–Kier alpha value is -1.11. The van der Waals surface area contributed by atoms with Crippen molar-refractivity contribution in [1.82, 2.24) is 14.8 Å². The van der Waals surface area contributed by atoms with Crippen LogP contribution in [0.15, 0.2) is 6.33 Å². The zero-order chi connectivity index (χ0) is 15.6. The Balaban J connectivity index is 1.99. The van der Waals surface area contributed by atoms with E-state index in [1.165, 1.54) is 6.33 Å². The summed E-state index contributed by atoms with van der Waals surface area (Å²) in [5.74, 6) is -0.542. The number of halogens is 3. The van der Waals surface area contributed by atoms with Gasteiger partial charge in [0.25, 0.3) is 0 Å². The van der Waals surface area contributed by atoms with Crippen molar-refractivity contribution >= 4 is 0 Å². The third-order valence-electron chi connectivity index (χ3n) is 4.34. The van der Waals surface area contributed by atoms with E-state index in [1.807, 2.05) is 13.8 Å². The van der Waals surface area contributed by atoms with Gasteiger partial charge >= 0.3 is 6.18 Å². The van der Waals surface area contributed by atoms with Crippen LogP contribution in [0, 0.1) is 11.8 Å². The lowest BCUT2D eigenvalue weighted by Gasteiger charge is -2.33. The molecule has 3 atom stereocenters. The summed E-state index contributed by atoms with van der Waals surface area (Å²) in [6, 6.07) is -0.124. The Morgan fingerprint density at radius 1 is 1.38 bits per heavy atom. The molecule has 3 unspecified atom stereocenters. The van der Waals surface area contributed by atoms with Gasteiger partial charge in [0, 0.05) is 18.5 Å². The number of hydrogen-bond acceptors (Lipinski definition) is 3. The maximum absolute atomic E-state index is 12.9. The van der Waals surface area contributed by atoms with Gasteiger partial charge < -0.3 is 5.73 Å². The first-order valence-corrected chi connectivity index (χ1v) is 7.49. The van der Waals surface area contributed by atoms with Gasteiger partial charge in [-0.1, -0.05) is 6.42 Å². The highest BCUT2D eigenvalue weighted by Crippen LogP contribution is 2.40. The van der Waals surface area contributed by atoms with Crippen molar-refractivity contribution in [3.05, 3.63) is 12.2 Å². The van der Waals surface area contributed by atoms with Crippen molar-refractivity contribution in [2.24, 2.45) is 17.6 Å². The van der Waals surface area contributed by atoms with Crippen molar-refractivity contribution < 1.29 is 13.2 Å². The minimum Gasteiger partial charge on any atom is -0.327 e. The van der Waals surface area contributed by atoms with Gasteiger partial charge in [0.1, 0.15) is 12.2 Å². The third-order valence-corrected chi connectivity index (χ3v) is 4.34. The summed E-state index contributed by atoms with van der Waals surface area (Å²) < 4.78 is 40.4. The zero-order valence-corrected chi connectivity index (χ0v) is 12.5. The molecule has 1 aromatic heterocycles. The van der Waals surface area contributed by atoms with E-state index in [0.717, 1.165) is 12.2 Å². The topological polar surface area (TPSA) is 56.7 Å². The van der Waals surface area contributed by atoms with Crippen LogP contribution >= 0.6 is 0 Å². The summed E-state index contributed by atoms with van der Waals surface area (Å²) in [6.45, 7) is 3.98. The highest BCUT2D eigenvalue weighted by molar-refractivity contribution is 4.94. The zero-order valence-electron chi connectivity index (χ0n) is 12.5. The van der Waals surface area contributed by atoms with Crippen molar-refractivity contribution in [1.29, 1.82) is 0 Å². The molecule has 1 saturated carbocycles. The van der Waals surface area contributed by atoms with Crippen LogP contribution in [0.1, 0.15) is 51.4 Å². The Bertz CT molecular complexity index is 455. The number of aromatic nitrogens is 3. The average molecular weight is 304 g/mol. The molecular weight excluding hydrogens is 281 g/mol. The summed E-state index contributed by atoms with van der Waals surface area (Å²) in [5.41, 5.74) is 6.17. The predicted molar refractivity (Wildman–Crippen MR) is 73.6 cm³/mol. The molecule has 7 heteroatoms. The maximum atomic E-state index is 12.9. The van der Waals surface area contributed by atoms with Gasteiger partial charge in [-0.2, -0.15) is 18.3 Å². The first-order valence-electron chi connectivity index (χ1n) is 7.49. The summed E-state index contributed by atoms with van der Waals surface area (Å²) in [7, 11) is 0. The minimum absolute atomic E-state index is 0.0947. The lowest BCUT2D eigenvalue weighted by molar-refractivity contribution is -0.186. The van der Waals surface area contributed by atoms with Crippen LogP contribution in [0.2, 0.25) is 0 Å². The van der Waals surface area contributed by atoms with Crippen LogP contribution < -0.4 is 5.73 Å². The molecule has 0 saturated heterocycles. The van der Waals surface area contributed by atoms with Crippen LogP contribution in [0.3, 0.4) is 0 Å². The fraction of sp³-hybridized carbons (Fsp3) is 0.857. The van der Waals surface area contributed by atoms with Crippen LogP contribution in [0.25, 0.3) is 0 Å². The van der Waals surface area contributed by atoms with Gasteiger partial charge in [-0.3, -0.25) is 0 Å². The summed E-state index contributed by atoms with van der Waals surface area (Å²) in [5, 5.41) is 4.14. The molecule has 0 aliphatic heterocycles. The maximum Gasteiger partial charge on any atom is 0.391 e. The average Bonchev–Trinajstić information content (AvgIpc) is 2.86. The molecule has 4 nitrogen and oxygen atoms in total. The van der Waals surface area contributed by atoms with E-state index in [-0.39, 0.29) is 30.8 Å². The van der Waals surface area contributed by atoms with Crippen molar-refractivity contribution in [2.45, 2.75) is 64.2 Å². The number of nitrogens with zero attached hydrogens (tertiary/aromatic N) is 3. The lowest BCUT2D eigenvalue weighted by atomic mass is 9.77. The molecule has 0 bridgehead atoms. The molecule has 2 rings (SSSR count). The van der Waals surface area contributed by atoms with Gasteiger partial charge in [-0.15, -0.1) is 0 Å². The second-order valence-corrected chi connectivity index (χ2v) is 6.25. The Kier molecular flexibility index (Phi) is 4.91. The molecule has 1 aliphatic carbocycles. The molecule has 1 heterocycles. The first-order chi connectivity index (χ1) is 9.79. The van der Waals surface area contributed by atoms with Gasteiger partial charge in [0.2, 0.25) is 0 Å². The smallest absolute Gasteiger partial charge is 0.327 e. The summed E-state index contributed by atoms with van der Waals surface area (Å²) in [6.07, 6.45) is -0.413. The van der Waals surface area contributed by atoms with Gasteiger partial charge in [0.15, 0.2) is 0 Å². The second kappa shape index (κ2) is 6.34. The van der Waals surface area contributed by atoms with Crippen molar-refractivity contribution in [2.75, 3.05) is 0 Å². The number of rotatable bonds is 4. The molecule has 0 spiro atoms. The van der Waals surface area contributed by atoms with Gasteiger partial charge in [-0.05, 0) is 39.0 Å². The largest absolute Gasteiger partial charge is 0.391 e. The van der Waals surface area contributed by atoms with E-state index in [4.69, 9.17) is 5.73 Å². The Labute approximate surface area is 122 Å². The monoisotopic (exact) mass is 304 g/mol. The molecule has 0 radical (unpaired) electrons. The van der Waals surface area contributed by atoms with Gasteiger partial charge in [-0.25, -0.2) is 9.67 Å². The van der Waals surface area contributed by atoms with Crippen LogP contribution in [0.5, 0.6) is 0 Å². The lowest BCUT2D eigenvalue weighted by Crippen LogP contribution is -2.39. The van der Waals surface area contributed by atoms with Crippen LogP contribution in [-0.4, -0.2) is 27.0 Å². The molecule has 120 valence electrons. The highest BCUT2D eigenvalue weighted by atomic mass is 19.4.